The molecule has 1 unspecified atom stereocenters. The zero-order valence-corrected chi connectivity index (χ0v) is 14.0. The predicted octanol–water partition coefficient (Wildman–Crippen LogP) is 2.49. The van der Waals surface area contributed by atoms with E-state index in [-0.39, 0.29) is 0 Å². The van der Waals surface area contributed by atoms with Gasteiger partial charge in [0, 0.05) is 43.9 Å². The number of ether oxygens (including phenoxy) is 1. The van der Waals surface area contributed by atoms with Crippen LogP contribution in [0.5, 0.6) is 0 Å². The van der Waals surface area contributed by atoms with Gasteiger partial charge in [0.2, 0.25) is 0 Å². The lowest BCUT2D eigenvalue weighted by Gasteiger charge is -2.38. The van der Waals surface area contributed by atoms with Crippen molar-refractivity contribution in [2.24, 2.45) is 5.41 Å². The molecule has 2 aliphatic heterocycles. The monoisotopic (exact) mass is 324 g/mol. The van der Waals surface area contributed by atoms with Crippen molar-refractivity contribution in [3.8, 4) is 0 Å². The van der Waals surface area contributed by atoms with Gasteiger partial charge in [-0.2, -0.15) is 0 Å². The quantitative estimate of drug-likeness (QED) is 0.865. The summed E-state index contributed by atoms with van der Waals surface area (Å²) in [6, 6.07) is 4.18. The van der Waals surface area contributed by atoms with Crippen LogP contribution in [0.2, 0.25) is 0 Å². The average molecular weight is 324 g/mol. The molecule has 2 aromatic rings. The largest absolute Gasteiger partial charge is 0.377 e. The SMILES string of the molecule is c1cncc(CN2CCC3(CC2)COC(Cc2cnccn2)C3)c1. The second-order valence-electron chi connectivity index (χ2n) is 7.18. The van der Waals surface area contributed by atoms with Crippen LogP contribution < -0.4 is 0 Å². The van der Waals surface area contributed by atoms with Crippen LogP contribution in [0.4, 0.5) is 0 Å². The van der Waals surface area contributed by atoms with Gasteiger partial charge in [-0.25, -0.2) is 0 Å². The Labute approximate surface area is 143 Å². The van der Waals surface area contributed by atoms with Crippen molar-refractivity contribution in [1.82, 2.24) is 19.9 Å². The summed E-state index contributed by atoms with van der Waals surface area (Å²) >= 11 is 0. The maximum absolute atomic E-state index is 6.11. The second-order valence-corrected chi connectivity index (χ2v) is 7.18. The summed E-state index contributed by atoms with van der Waals surface area (Å²) in [5.41, 5.74) is 2.71. The normalized spacial score (nSPS) is 23.6. The van der Waals surface area contributed by atoms with Crippen LogP contribution in [0, 0.1) is 5.41 Å². The van der Waals surface area contributed by atoms with Gasteiger partial charge >= 0.3 is 0 Å². The Morgan fingerprint density at radius 2 is 2.00 bits per heavy atom. The van der Waals surface area contributed by atoms with E-state index >= 15 is 0 Å². The summed E-state index contributed by atoms with van der Waals surface area (Å²) in [6.45, 7) is 4.21. The van der Waals surface area contributed by atoms with E-state index in [1.807, 2.05) is 24.7 Å². The van der Waals surface area contributed by atoms with E-state index in [9.17, 15) is 0 Å². The molecule has 0 aromatic carbocycles. The zero-order valence-electron chi connectivity index (χ0n) is 14.0. The molecule has 4 heterocycles. The summed E-state index contributed by atoms with van der Waals surface area (Å²) < 4.78 is 6.11. The molecule has 1 atom stereocenters. The van der Waals surface area contributed by atoms with E-state index in [2.05, 4.69) is 25.9 Å². The van der Waals surface area contributed by atoms with Crippen LogP contribution in [0.3, 0.4) is 0 Å². The van der Waals surface area contributed by atoms with E-state index in [1.165, 1.54) is 18.4 Å². The van der Waals surface area contributed by atoms with Gasteiger partial charge in [0.1, 0.15) is 0 Å². The smallest absolute Gasteiger partial charge is 0.0637 e. The molecule has 2 aromatic heterocycles. The highest BCUT2D eigenvalue weighted by Gasteiger charge is 2.42. The van der Waals surface area contributed by atoms with Gasteiger partial charge in [0.05, 0.1) is 18.4 Å². The number of likely N-dealkylation sites (tertiary alicyclic amines) is 1. The minimum absolute atomic E-state index is 0.298. The maximum atomic E-state index is 6.11. The molecule has 4 rings (SSSR count). The first-order valence-corrected chi connectivity index (χ1v) is 8.79. The van der Waals surface area contributed by atoms with Crippen LogP contribution in [-0.4, -0.2) is 45.7 Å². The molecule has 0 N–H and O–H groups in total. The van der Waals surface area contributed by atoms with Crippen molar-refractivity contribution in [3.63, 3.8) is 0 Å². The summed E-state index contributed by atoms with van der Waals surface area (Å²) in [5.74, 6) is 0. The first-order chi connectivity index (χ1) is 11.8. The minimum atomic E-state index is 0.298. The molecule has 2 aliphatic rings. The van der Waals surface area contributed by atoms with Crippen LogP contribution in [0.25, 0.3) is 0 Å². The Morgan fingerprint density at radius 3 is 2.75 bits per heavy atom. The Kier molecular flexibility index (Phi) is 4.54. The van der Waals surface area contributed by atoms with E-state index in [0.29, 0.717) is 11.5 Å². The molecule has 2 saturated heterocycles. The van der Waals surface area contributed by atoms with E-state index in [0.717, 1.165) is 44.8 Å². The van der Waals surface area contributed by atoms with Crippen LogP contribution in [-0.2, 0) is 17.7 Å². The zero-order chi connectivity index (χ0) is 16.2. The fourth-order valence-corrected chi connectivity index (χ4v) is 3.98. The molecular weight excluding hydrogens is 300 g/mol. The van der Waals surface area contributed by atoms with Crippen molar-refractivity contribution in [3.05, 3.63) is 54.4 Å². The number of pyridine rings is 1. The first kappa shape index (κ1) is 15.7. The van der Waals surface area contributed by atoms with Crippen LogP contribution in [0.1, 0.15) is 30.5 Å². The number of nitrogens with zero attached hydrogens (tertiary/aromatic N) is 4. The van der Waals surface area contributed by atoms with E-state index in [4.69, 9.17) is 4.74 Å². The molecule has 5 heteroatoms. The average Bonchev–Trinajstić information content (AvgIpc) is 3.01. The summed E-state index contributed by atoms with van der Waals surface area (Å²) in [7, 11) is 0. The Hall–Kier alpha value is -1.85. The summed E-state index contributed by atoms with van der Waals surface area (Å²) in [4.78, 5) is 15.3. The van der Waals surface area contributed by atoms with E-state index in [1.54, 1.807) is 12.4 Å². The van der Waals surface area contributed by atoms with E-state index < -0.39 is 0 Å². The molecule has 126 valence electrons. The number of piperidine rings is 1. The first-order valence-electron chi connectivity index (χ1n) is 8.79. The molecule has 0 saturated carbocycles. The fourth-order valence-electron chi connectivity index (χ4n) is 3.98. The van der Waals surface area contributed by atoms with Crippen molar-refractivity contribution in [2.75, 3.05) is 19.7 Å². The Balaban J connectivity index is 1.29. The molecular formula is C19H24N4O. The number of aromatic nitrogens is 3. The third kappa shape index (κ3) is 3.62. The van der Waals surface area contributed by atoms with Crippen molar-refractivity contribution in [2.45, 2.75) is 38.3 Å². The van der Waals surface area contributed by atoms with Gasteiger partial charge < -0.3 is 4.74 Å². The molecule has 0 radical (unpaired) electrons. The third-order valence-electron chi connectivity index (χ3n) is 5.39. The molecule has 0 amide bonds. The molecule has 0 aliphatic carbocycles. The molecule has 24 heavy (non-hydrogen) atoms. The minimum Gasteiger partial charge on any atom is -0.377 e. The van der Waals surface area contributed by atoms with Gasteiger partial charge in [-0.05, 0) is 49.4 Å². The standard InChI is InChI=1S/C19H24N4O/c1-2-16(12-20-5-1)14-23-8-3-19(4-9-23)11-18(24-15-19)10-17-13-21-6-7-22-17/h1-2,5-7,12-13,18H,3-4,8-11,14-15H2. The fraction of sp³-hybridized carbons (Fsp3) is 0.526. The lowest BCUT2D eigenvalue weighted by Crippen LogP contribution is -2.40. The molecule has 1 spiro atoms. The lowest BCUT2D eigenvalue weighted by atomic mass is 9.76. The van der Waals surface area contributed by atoms with Gasteiger partial charge in [0.15, 0.2) is 0 Å². The lowest BCUT2D eigenvalue weighted by molar-refractivity contribution is 0.0629. The summed E-state index contributed by atoms with van der Waals surface area (Å²) in [5, 5.41) is 0. The van der Waals surface area contributed by atoms with Crippen molar-refractivity contribution >= 4 is 0 Å². The number of hydrogen-bond donors (Lipinski definition) is 0. The van der Waals surface area contributed by atoms with Gasteiger partial charge in [0.25, 0.3) is 0 Å². The highest BCUT2D eigenvalue weighted by atomic mass is 16.5. The third-order valence-corrected chi connectivity index (χ3v) is 5.39. The second kappa shape index (κ2) is 6.95. The van der Waals surface area contributed by atoms with Crippen molar-refractivity contribution in [1.29, 1.82) is 0 Å². The van der Waals surface area contributed by atoms with Gasteiger partial charge in [-0.1, -0.05) is 6.07 Å². The van der Waals surface area contributed by atoms with Crippen LogP contribution >= 0.6 is 0 Å². The van der Waals surface area contributed by atoms with Gasteiger partial charge in [-0.3, -0.25) is 19.9 Å². The van der Waals surface area contributed by atoms with Crippen LogP contribution in [0.15, 0.2) is 43.1 Å². The molecule has 2 fully saturated rings. The highest BCUT2D eigenvalue weighted by molar-refractivity contribution is 5.08. The molecule has 0 bridgehead atoms. The Morgan fingerprint density at radius 1 is 1.12 bits per heavy atom. The maximum Gasteiger partial charge on any atom is 0.0637 e. The van der Waals surface area contributed by atoms with Gasteiger partial charge in [-0.15, -0.1) is 0 Å². The Bertz CT molecular complexity index is 641. The summed E-state index contributed by atoms with van der Waals surface area (Å²) in [6.07, 6.45) is 13.9. The number of hydrogen-bond acceptors (Lipinski definition) is 5. The topological polar surface area (TPSA) is 51.1 Å². The van der Waals surface area contributed by atoms with Crippen molar-refractivity contribution < 1.29 is 4.74 Å². The highest BCUT2D eigenvalue weighted by Crippen LogP contribution is 2.42. The predicted molar refractivity (Wildman–Crippen MR) is 91.3 cm³/mol. The number of rotatable bonds is 4. The molecule has 5 nitrogen and oxygen atoms in total.